The monoisotopic (exact) mass is 272 g/mol. The lowest BCUT2D eigenvalue weighted by atomic mass is 9.74. The second-order valence-electron chi connectivity index (χ2n) is 5.88. The standard InChI is InChI=1S/C14H24OS2/c1-9-6-10(2)8-12(7-9)13(15)14-11(3)16-4-5-17-14/h9-12,14H,4-8H2,1-3H3. The van der Waals surface area contributed by atoms with Crippen molar-refractivity contribution in [1.82, 2.24) is 0 Å². The van der Waals surface area contributed by atoms with E-state index in [1.165, 1.54) is 12.2 Å². The molecule has 17 heavy (non-hydrogen) atoms. The molecule has 4 atom stereocenters. The molecule has 1 saturated carbocycles. The third-order valence-corrected chi connectivity index (χ3v) is 7.16. The van der Waals surface area contributed by atoms with Crippen LogP contribution in [0.3, 0.4) is 0 Å². The predicted octanol–water partition coefficient (Wildman–Crippen LogP) is 3.86. The highest BCUT2D eigenvalue weighted by atomic mass is 32.2. The van der Waals surface area contributed by atoms with Crippen molar-refractivity contribution < 1.29 is 4.79 Å². The molecule has 4 unspecified atom stereocenters. The summed E-state index contributed by atoms with van der Waals surface area (Å²) in [6, 6.07) is 0. The molecular weight excluding hydrogens is 248 g/mol. The van der Waals surface area contributed by atoms with Crippen molar-refractivity contribution in [1.29, 1.82) is 0 Å². The maximum Gasteiger partial charge on any atom is 0.150 e. The Morgan fingerprint density at radius 2 is 1.53 bits per heavy atom. The second-order valence-corrected chi connectivity index (χ2v) is 8.62. The van der Waals surface area contributed by atoms with Crippen LogP contribution in [-0.2, 0) is 4.79 Å². The van der Waals surface area contributed by atoms with Gasteiger partial charge in [0.2, 0.25) is 0 Å². The lowest BCUT2D eigenvalue weighted by Gasteiger charge is -2.35. The molecule has 0 spiro atoms. The fourth-order valence-electron chi connectivity index (χ4n) is 3.36. The minimum Gasteiger partial charge on any atom is -0.298 e. The van der Waals surface area contributed by atoms with Gasteiger partial charge in [-0.2, -0.15) is 11.8 Å². The van der Waals surface area contributed by atoms with Gasteiger partial charge in [0.05, 0.1) is 5.25 Å². The molecular formula is C14H24OS2. The quantitative estimate of drug-likeness (QED) is 0.760. The normalized spacial score (nSPS) is 43.4. The largest absolute Gasteiger partial charge is 0.298 e. The Hall–Kier alpha value is 0.370. The van der Waals surface area contributed by atoms with Crippen molar-refractivity contribution in [3.8, 4) is 0 Å². The Balaban J connectivity index is 1.98. The fourth-order valence-corrected chi connectivity index (χ4v) is 6.16. The van der Waals surface area contributed by atoms with E-state index in [0.29, 0.717) is 17.0 Å². The summed E-state index contributed by atoms with van der Waals surface area (Å²) in [5.74, 6) is 4.77. The zero-order valence-electron chi connectivity index (χ0n) is 11.1. The van der Waals surface area contributed by atoms with Gasteiger partial charge in [0, 0.05) is 22.7 Å². The molecule has 2 rings (SSSR count). The van der Waals surface area contributed by atoms with Crippen LogP contribution in [0.1, 0.15) is 40.0 Å². The Kier molecular flexibility index (Phi) is 4.88. The first kappa shape index (κ1) is 13.8. The van der Waals surface area contributed by atoms with Crippen LogP contribution in [0.5, 0.6) is 0 Å². The summed E-state index contributed by atoms with van der Waals surface area (Å²) < 4.78 is 0. The van der Waals surface area contributed by atoms with Gasteiger partial charge in [0.1, 0.15) is 5.78 Å². The molecule has 1 aliphatic carbocycles. The lowest BCUT2D eigenvalue weighted by Crippen LogP contribution is -2.38. The Labute approximate surface area is 114 Å². The predicted molar refractivity (Wildman–Crippen MR) is 78.8 cm³/mol. The molecule has 0 radical (unpaired) electrons. The van der Waals surface area contributed by atoms with Crippen molar-refractivity contribution in [3.05, 3.63) is 0 Å². The van der Waals surface area contributed by atoms with Crippen LogP contribution in [-0.4, -0.2) is 27.8 Å². The molecule has 0 N–H and O–H groups in total. The van der Waals surface area contributed by atoms with E-state index in [1.807, 2.05) is 23.5 Å². The van der Waals surface area contributed by atoms with E-state index in [4.69, 9.17) is 0 Å². The van der Waals surface area contributed by atoms with Gasteiger partial charge >= 0.3 is 0 Å². The average Bonchev–Trinajstić information content (AvgIpc) is 2.27. The number of ketones is 1. The van der Waals surface area contributed by atoms with Crippen LogP contribution in [0.4, 0.5) is 0 Å². The number of hydrogen-bond donors (Lipinski definition) is 0. The van der Waals surface area contributed by atoms with Crippen molar-refractivity contribution in [2.45, 2.75) is 50.5 Å². The second kappa shape index (κ2) is 6.01. The van der Waals surface area contributed by atoms with Gasteiger partial charge in [-0.25, -0.2) is 0 Å². The van der Waals surface area contributed by atoms with Crippen LogP contribution in [0.2, 0.25) is 0 Å². The molecule has 0 amide bonds. The van der Waals surface area contributed by atoms with Crippen molar-refractivity contribution in [2.75, 3.05) is 11.5 Å². The summed E-state index contributed by atoms with van der Waals surface area (Å²) in [5.41, 5.74) is 0. The number of carbonyl (C=O) groups is 1. The Morgan fingerprint density at radius 3 is 2.12 bits per heavy atom. The lowest BCUT2D eigenvalue weighted by molar-refractivity contribution is -0.124. The van der Waals surface area contributed by atoms with Gasteiger partial charge in [-0.15, -0.1) is 11.8 Å². The number of Topliss-reactive ketones (excluding diaryl/α,β-unsaturated/α-hetero) is 1. The van der Waals surface area contributed by atoms with Crippen molar-refractivity contribution >= 4 is 29.3 Å². The molecule has 0 bridgehead atoms. The Morgan fingerprint density at radius 1 is 0.941 bits per heavy atom. The van der Waals surface area contributed by atoms with Crippen LogP contribution in [0.25, 0.3) is 0 Å². The summed E-state index contributed by atoms with van der Waals surface area (Å²) in [5, 5.41) is 0.796. The first-order chi connectivity index (χ1) is 8.08. The van der Waals surface area contributed by atoms with Gasteiger partial charge in [0.15, 0.2) is 0 Å². The third-order valence-electron chi connectivity index (χ3n) is 4.05. The smallest absolute Gasteiger partial charge is 0.150 e. The van der Waals surface area contributed by atoms with Gasteiger partial charge in [-0.05, 0) is 31.1 Å². The molecule has 1 heterocycles. The molecule has 1 aliphatic heterocycles. The topological polar surface area (TPSA) is 17.1 Å². The van der Waals surface area contributed by atoms with Crippen LogP contribution < -0.4 is 0 Å². The molecule has 98 valence electrons. The Bertz CT molecular complexity index is 269. The minimum atomic E-state index is 0.274. The molecule has 0 aromatic heterocycles. The maximum atomic E-state index is 12.6. The van der Waals surface area contributed by atoms with E-state index < -0.39 is 0 Å². The molecule has 2 fully saturated rings. The van der Waals surface area contributed by atoms with E-state index in [0.717, 1.165) is 30.4 Å². The zero-order chi connectivity index (χ0) is 12.4. The molecule has 0 aromatic rings. The summed E-state index contributed by atoms with van der Waals surface area (Å²) in [6.07, 6.45) is 3.58. The summed E-state index contributed by atoms with van der Waals surface area (Å²) in [4.78, 5) is 12.6. The van der Waals surface area contributed by atoms with Crippen LogP contribution in [0.15, 0.2) is 0 Å². The van der Waals surface area contributed by atoms with E-state index in [1.54, 1.807) is 0 Å². The number of thioether (sulfide) groups is 2. The van der Waals surface area contributed by atoms with Gasteiger partial charge < -0.3 is 0 Å². The number of hydrogen-bond acceptors (Lipinski definition) is 3. The van der Waals surface area contributed by atoms with Crippen molar-refractivity contribution in [3.63, 3.8) is 0 Å². The summed E-state index contributed by atoms with van der Waals surface area (Å²) in [7, 11) is 0. The van der Waals surface area contributed by atoms with E-state index in [9.17, 15) is 4.79 Å². The summed E-state index contributed by atoms with van der Waals surface area (Å²) in [6.45, 7) is 6.85. The molecule has 0 aromatic carbocycles. The van der Waals surface area contributed by atoms with Crippen LogP contribution >= 0.6 is 23.5 Å². The first-order valence-corrected chi connectivity index (χ1v) is 8.94. The molecule has 3 heteroatoms. The highest BCUT2D eigenvalue weighted by molar-refractivity contribution is 8.07. The average molecular weight is 272 g/mol. The summed E-state index contributed by atoms with van der Waals surface area (Å²) >= 11 is 3.88. The zero-order valence-corrected chi connectivity index (χ0v) is 12.8. The SMILES string of the molecule is CC1CC(C)CC(C(=O)C2SCCSC2C)C1. The van der Waals surface area contributed by atoms with Gasteiger partial charge in [0.25, 0.3) is 0 Å². The molecule has 2 aliphatic rings. The third kappa shape index (κ3) is 3.44. The number of carbonyl (C=O) groups excluding carboxylic acids is 1. The minimum absolute atomic E-state index is 0.274. The molecule has 1 nitrogen and oxygen atoms in total. The van der Waals surface area contributed by atoms with E-state index in [2.05, 4.69) is 20.8 Å². The highest BCUT2D eigenvalue weighted by Gasteiger charge is 2.36. The first-order valence-electron chi connectivity index (χ1n) is 6.85. The highest BCUT2D eigenvalue weighted by Crippen LogP contribution is 2.39. The maximum absolute atomic E-state index is 12.6. The van der Waals surface area contributed by atoms with E-state index >= 15 is 0 Å². The van der Waals surface area contributed by atoms with Crippen molar-refractivity contribution in [2.24, 2.45) is 17.8 Å². The van der Waals surface area contributed by atoms with Gasteiger partial charge in [-0.3, -0.25) is 4.79 Å². The number of rotatable bonds is 2. The van der Waals surface area contributed by atoms with Crippen LogP contribution in [0, 0.1) is 17.8 Å². The molecule has 1 saturated heterocycles. The van der Waals surface area contributed by atoms with Gasteiger partial charge in [-0.1, -0.05) is 20.8 Å². The fraction of sp³-hybridized carbons (Fsp3) is 0.929. The van der Waals surface area contributed by atoms with E-state index in [-0.39, 0.29) is 5.25 Å².